The molecule has 0 saturated heterocycles. The van der Waals surface area contributed by atoms with Crippen LogP contribution in [0.5, 0.6) is 0 Å². The van der Waals surface area contributed by atoms with Gasteiger partial charge in [0.05, 0.1) is 12.1 Å². The van der Waals surface area contributed by atoms with E-state index in [0.717, 1.165) is 15.6 Å². The lowest BCUT2D eigenvalue weighted by atomic mass is 10.1. The summed E-state index contributed by atoms with van der Waals surface area (Å²) in [7, 11) is 3.99. The van der Waals surface area contributed by atoms with Gasteiger partial charge in [0.15, 0.2) is 0 Å². The number of carbonyl (C=O) groups is 1. The second-order valence-electron chi connectivity index (χ2n) is 5.77. The van der Waals surface area contributed by atoms with Gasteiger partial charge in [-0.15, -0.1) is 0 Å². The summed E-state index contributed by atoms with van der Waals surface area (Å²) in [6.45, 7) is 4.84. The number of ether oxygens (including phenoxy) is 1. The van der Waals surface area contributed by atoms with Crippen molar-refractivity contribution in [2.45, 2.75) is 19.9 Å². The Kier molecular flexibility index (Phi) is 5.80. The third kappa shape index (κ3) is 3.92. The number of benzene rings is 1. The second kappa shape index (κ2) is 7.44. The maximum atomic E-state index is 12.7. The summed E-state index contributed by atoms with van der Waals surface area (Å²) >= 11 is 2.17. The molecule has 1 unspecified atom stereocenters. The average Bonchev–Trinajstić information content (AvgIpc) is 2.47. The van der Waals surface area contributed by atoms with Crippen molar-refractivity contribution in [1.29, 1.82) is 0 Å². The van der Waals surface area contributed by atoms with Crippen molar-refractivity contribution in [3.63, 3.8) is 0 Å². The van der Waals surface area contributed by atoms with Crippen LogP contribution in [-0.2, 0) is 4.74 Å². The van der Waals surface area contributed by atoms with Gasteiger partial charge in [-0.1, -0.05) is 0 Å². The zero-order valence-electron chi connectivity index (χ0n) is 13.8. The Morgan fingerprint density at radius 1 is 1.39 bits per heavy atom. The van der Waals surface area contributed by atoms with Gasteiger partial charge in [-0.2, -0.15) is 0 Å². The van der Waals surface area contributed by atoms with Crippen LogP contribution in [0.3, 0.4) is 0 Å². The number of hydrogen-bond donors (Lipinski definition) is 0. The van der Waals surface area contributed by atoms with Gasteiger partial charge in [0.25, 0.3) is 0 Å². The van der Waals surface area contributed by atoms with Gasteiger partial charge >= 0.3 is 5.97 Å². The normalized spacial score (nSPS) is 12.6. The van der Waals surface area contributed by atoms with Gasteiger partial charge in [0.2, 0.25) is 5.43 Å². The van der Waals surface area contributed by atoms with E-state index < -0.39 is 5.97 Å². The molecule has 5 nitrogen and oxygen atoms in total. The molecular weight excluding hydrogens is 407 g/mol. The topological polar surface area (TPSA) is 51.5 Å². The van der Waals surface area contributed by atoms with Gasteiger partial charge in [-0.05, 0) is 68.7 Å². The van der Waals surface area contributed by atoms with E-state index >= 15 is 0 Å². The van der Waals surface area contributed by atoms with Crippen LogP contribution >= 0.6 is 22.6 Å². The summed E-state index contributed by atoms with van der Waals surface area (Å²) in [6, 6.07) is 5.83. The fraction of sp³-hybridized carbons (Fsp3) is 0.412. The highest BCUT2D eigenvalue weighted by atomic mass is 127. The SMILES string of the molecule is CCOC(=O)c1cn(C(C)CN(C)C)c2ccc(I)cc2c1=O. The third-order valence-electron chi connectivity index (χ3n) is 3.59. The Morgan fingerprint density at radius 3 is 2.70 bits per heavy atom. The van der Waals surface area contributed by atoms with Crippen LogP contribution in [0.1, 0.15) is 30.2 Å². The molecule has 0 aliphatic carbocycles. The predicted octanol–water partition coefficient (Wildman–Crippen LogP) is 2.91. The molecule has 0 amide bonds. The highest BCUT2D eigenvalue weighted by Gasteiger charge is 2.19. The lowest BCUT2D eigenvalue weighted by molar-refractivity contribution is 0.0524. The fourth-order valence-electron chi connectivity index (χ4n) is 2.66. The van der Waals surface area contributed by atoms with E-state index in [0.29, 0.717) is 5.39 Å². The van der Waals surface area contributed by atoms with Crippen LogP contribution in [0.15, 0.2) is 29.2 Å². The molecule has 1 aromatic carbocycles. The number of esters is 1. The molecule has 1 atom stereocenters. The fourth-order valence-corrected chi connectivity index (χ4v) is 3.15. The second-order valence-corrected chi connectivity index (χ2v) is 7.02. The van der Waals surface area contributed by atoms with Crippen LogP contribution in [0.2, 0.25) is 0 Å². The van der Waals surface area contributed by atoms with Crippen molar-refractivity contribution in [3.8, 4) is 0 Å². The molecule has 2 rings (SSSR count). The summed E-state index contributed by atoms with van der Waals surface area (Å²) in [5.41, 5.74) is 0.648. The maximum Gasteiger partial charge on any atom is 0.343 e. The van der Waals surface area contributed by atoms with Crippen molar-refractivity contribution in [2.24, 2.45) is 0 Å². The Hall–Kier alpha value is -1.41. The van der Waals surface area contributed by atoms with Gasteiger partial charge < -0.3 is 14.2 Å². The Bertz CT molecular complexity index is 783. The molecule has 0 fully saturated rings. The number of likely N-dealkylation sites (N-methyl/N-ethyl adjacent to an activating group) is 1. The molecule has 0 saturated carbocycles. The highest BCUT2D eigenvalue weighted by Crippen LogP contribution is 2.20. The van der Waals surface area contributed by atoms with Gasteiger partial charge in [0.1, 0.15) is 5.56 Å². The lowest BCUT2D eigenvalue weighted by Gasteiger charge is -2.23. The Morgan fingerprint density at radius 2 is 2.09 bits per heavy atom. The van der Waals surface area contributed by atoms with Gasteiger partial charge in [-0.25, -0.2) is 4.79 Å². The van der Waals surface area contributed by atoms with Crippen molar-refractivity contribution in [2.75, 3.05) is 27.2 Å². The van der Waals surface area contributed by atoms with Crippen molar-refractivity contribution < 1.29 is 9.53 Å². The first-order chi connectivity index (χ1) is 10.8. The number of rotatable bonds is 5. The maximum absolute atomic E-state index is 12.7. The first-order valence-corrected chi connectivity index (χ1v) is 8.59. The number of hydrogen-bond acceptors (Lipinski definition) is 4. The molecule has 1 heterocycles. The molecule has 1 aromatic heterocycles. The minimum Gasteiger partial charge on any atom is -0.462 e. The van der Waals surface area contributed by atoms with Crippen LogP contribution in [0.25, 0.3) is 10.9 Å². The first kappa shape index (κ1) is 17.9. The number of pyridine rings is 1. The Labute approximate surface area is 149 Å². The van der Waals surface area contributed by atoms with E-state index in [1.54, 1.807) is 13.1 Å². The molecule has 0 bridgehead atoms. The van der Waals surface area contributed by atoms with E-state index in [1.807, 2.05) is 36.9 Å². The summed E-state index contributed by atoms with van der Waals surface area (Å²) in [6.07, 6.45) is 1.63. The third-order valence-corrected chi connectivity index (χ3v) is 4.26. The predicted molar refractivity (Wildman–Crippen MR) is 100 cm³/mol. The Balaban J connectivity index is 2.71. The average molecular weight is 428 g/mol. The minimum atomic E-state index is -0.566. The quantitative estimate of drug-likeness (QED) is 0.543. The number of carbonyl (C=O) groups excluding carboxylic acids is 1. The van der Waals surface area contributed by atoms with Crippen LogP contribution in [0, 0.1) is 3.57 Å². The first-order valence-electron chi connectivity index (χ1n) is 7.51. The molecule has 6 heteroatoms. The summed E-state index contributed by atoms with van der Waals surface area (Å²) in [5, 5.41) is 0.549. The standard InChI is InChI=1S/C17H21IN2O3/c1-5-23-17(22)14-10-20(11(2)9-19(3)4)15-7-6-12(18)8-13(15)16(14)21/h6-8,10-11H,5,9H2,1-4H3. The van der Waals surface area contributed by atoms with E-state index in [2.05, 4.69) is 34.4 Å². The molecule has 0 aliphatic heterocycles. The number of nitrogens with zero attached hydrogens (tertiary/aromatic N) is 2. The molecule has 0 spiro atoms. The van der Waals surface area contributed by atoms with E-state index in [1.165, 1.54) is 0 Å². The monoisotopic (exact) mass is 428 g/mol. The van der Waals surface area contributed by atoms with Crippen LogP contribution < -0.4 is 5.43 Å². The van der Waals surface area contributed by atoms with Gasteiger partial charge in [0, 0.05) is 27.7 Å². The summed E-state index contributed by atoms with van der Waals surface area (Å²) < 4.78 is 7.98. The highest BCUT2D eigenvalue weighted by molar-refractivity contribution is 14.1. The summed E-state index contributed by atoms with van der Waals surface area (Å²) in [5.74, 6) is -0.566. The summed E-state index contributed by atoms with van der Waals surface area (Å²) in [4.78, 5) is 26.9. The van der Waals surface area contributed by atoms with E-state index in [9.17, 15) is 9.59 Å². The van der Waals surface area contributed by atoms with E-state index in [-0.39, 0.29) is 23.6 Å². The lowest BCUT2D eigenvalue weighted by Crippen LogP contribution is -2.26. The zero-order valence-corrected chi connectivity index (χ0v) is 16.0. The smallest absolute Gasteiger partial charge is 0.343 e. The van der Waals surface area contributed by atoms with Crippen molar-refractivity contribution >= 4 is 39.5 Å². The largest absolute Gasteiger partial charge is 0.462 e. The van der Waals surface area contributed by atoms with Crippen LogP contribution in [-0.4, -0.2) is 42.7 Å². The number of aromatic nitrogens is 1. The van der Waals surface area contributed by atoms with Crippen LogP contribution in [0.4, 0.5) is 0 Å². The molecular formula is C17H21IN2O3. The number of halogens is 1. The van der Waals surface area contributed by atoms with Crippen molar-refractivity contribution in [3.05, 3.63) is 43.8 Å². The minimum absolute atomic E-state index is 0.0898. The molecule has 2 aromatic rings. The molecule has 0 aliphatic rings. The molecule has 0 N–H and O–H groups in total. The van der Waals surface area contributed by atoms with E-state index in [4.69, 9.17) is 4.74 Å². The zero-order chi connectivity index (χ0) is 17.1. The number of fused-ring (bicyclic) bond motifs is 1. The van der Waals surface area contributed by atoms with Gasteiger partial charge in [-0.3, -0.25) is 4.79 Å². The molecule has 23 heavy (non-hydrogen) atoms. The molecule has 124 valence electrons. The molecule has 0 radical (unpaired) electrons. The van der Waals surface area contributed by atoms with Crippen molar-refractivity contribution in [1.82, 2.24) is 9.47 Å².